The van der Waals surface area contributed by atoms with Crippen LogP contribution >= 0.6 is 0 Å². The lowest BCUT2D eigenvalue weighted by molar-refractivity contribution is -0.122. The Morgan fingerprint density at radius 2 is 1.64 bits per heavy atom. The van der Waals surface area contributed by atoms with E-state index in [2.05, 4.69) is 39.4 Å². The van der Waals surface area contributed by atoms with Crippen LogP contribution in [0.15, 0.2) is 48.5 Å². The van der Waals surface area contributed by atoms with E-state index in [1.54, 1.807) is 7.05 Å². The maximum Gasteiger partial charge on any atom is 0.253 e. The molecular weight excluding hydrogens is 352 g/mol. The minimum Gasteiger partial charge on any atom is -0.378 e. The van der Waals surface area contributed by atoms with E-state index in [9.17, 15) is 9.59 Å². The van der Waals surface area contributed by atoms with Crippen LogP contribution in [0.1, 0.15) is 10.4 Å². The van der Waals surface area contributed by atoms with E-state index in [4.69, 9.17) is 0 Å². The van der Waals surface area contributed by atoms with Gasteiger partial charge in [0.15, 0.2) is 0 Å². The first-order valence-electron chi connectivity index (χ1n) is 9.58. The topological polar surface area (TPSA) is 55.9 Å². The quantitative estimate of drug-likeness (QED) is 0.861. The van der Waals surface area contributed by atoms with Crippen molar-refractivity contribution in [2.24, 2.45) is 0 Å². The molecule has 3 rings (SSSR count). The molecule has 1 saturated heterocycles. The van der Waals surface area contributed by atoms with Gasteiger partial charge in [-0.15, -0.1) is 0 Å². The van der Waals surface area contributed by atoms with Gasteiger partial charge in [0.2, 0.25) is 5.91 Å². The van der Waals surface area contributed by atoms with E-state index in [1.807, 2.05) is 43.3 Å². The van der Waals surface area contributed by atoms with Gasteiger partial charge in [0, 0.05) is 58.6 Å². The van der Waals surface area contributed by atoms with Crippen molar-refractivity contribution in [1.29, 1.82) is 0 Å². The fraction of sp³-hybridized carbons (Fsp3) is 0.364. The largest absolute Gasteiger partial charge is 0.378 e. The second kappa shape index (κ2) is 8.89. The molecule has 1 aliphatic heterocycles. The number of hydrogen-bond acceptors (Lipinski definition) is 4. The molecule has 1 heterocycles. The van der Waals surface area contributed by atoms with Crippen LogP contribution in [-0.2, 0) is 4.79 Å². The lowest BCUT2D eigenvalue weighted by Gasteiger charge is -2.34. The number of likely N-dealkylation sites (N-methyl/N-ethyl adjacent to an activating group) is 1. The number of carbonyl (C=O) groups excluding carboxylic acids is 2. The molecule has 1 aliphatic rings. The van der Waals surface area contributed by atoms with Gasteiger partial charge < -0.3 is 15.1 Å². The molecule has 2 aromatic rings. The first-order valence-corrected chi connectivity index (χ1v) is 9.58. The summed E-state index contributed by atoms with van der Waals surface area (Å²) in [4.78, 5) is 30.5. The van der Waals surface area contributed by atoms with Crippen molar-refractivity contribution in [3.05, 3.63) is 54.1 Å². The summed E-state index contributed by atoms with van der Waals surface area (Å²) in [7, 11) is 5.68. The predicted octanol–water partition coefficient (Wildman–Crippen LogP) is 1.92. The van der Waals surface area contributed by atoms with Gasteiger partial charge in [-0.25, -0.2) is 0 Å². The molecule has 0 unspecified atom stereocenters. The monoisotopic (exact) mass is 380 g/mol. The van der Waals surface area contributed by atoms with E-state index in [1.165, 1.54) is 0 Å². The van der Waals surface area contributed by atoms with Gasteiger partial charge in [-0.1, -0.05) is 24.3 Å². The molecule has 0 spiro atoms. The Hall–Kier alpha value is -2.86. The number of anilines is 1. The van der Waals surface area contributed by atoms with Crippen molar-refractivity contribution < 1.29 is 9.59 Å². The van der Waals surface area contributed by atoms with E-state index < -0.39 is 0 Å². The molecular formula is C22H28N4O2. The summed E-state index contributed by atoms with van der Waals surface area (Å²) >= 11 is 0. The number of carbonyl (C=O) groups is 2. The van der Waals surface area contributed by atoms with Crippen molar-refractivity contribution in [1.82, 2.24) is 15.1 Å². The lowest BCUT2D eigenvalue weighted by atomic mass is 10.0. The molecule has 148 valence electrons. The summed E-state index contributed by atoms with van der Waals surface area (Å²) in [6.45, 7) is 3.09. The van der Waals surface area contributed by atoms with Crippen LogP contribution in [0, 0.1) is 0 Å². The number of rotatable bonds is 5. The molecule has 2 aromatic carbocycles. The van der Waals surface area contributed by atoms with Gasteiger partial charge in [0.25, 0.3) is 5.91 Å². The van der Waals surface area contributed by atoms with Crippen LogP contribution in [0.3, 0.4) is 0 Å². The summed E-state index contributed by atoms with van der Waals surface area (Å²) in [5.74, 6) is 0.0547. The molecule has 6 nitrogen and oxygen atoms in total. The normalized spacial score (nSPS) is 14.6. The van der Waals surface area contributed by atoms with Crippen LogP contribution in [0.25, 0.3) is 11.1 Å². The summed E-state index contributed by atoms with van der Waals surface area (Å²) in [5, 5.41) is 2.64. The Morgan fingerprint density at radius 3 is 2.25 bits per heavy atom. The van der Waals surface area contributed by atoms with Gasteiger partial charge in [0.1, 0.15) is 0 Å². The Morgan fingerprint density at radius 1 is 0.964 bits per heavy atom. The zero-order valence-electron chi connectivity index (χ0n) is 16.8. The van der Waals surface area contributed by atoms with Gasteiger partial charge in [-0.3, -0.25) is 14.5 Å². The first-order chi connectivity index (χ1) is 13.5. The van der Waals surface area contributed by atoms with Crippen molar-refractivity contribution in [3.8, 4) is 11.1 Å². The fourth-order valence-electron chi connectivity index (χ4n) is 3.36. The Balaban J connectivity index is 1.67. The highest BCUT2D eigenvalue weighted by atomic mass is 16.2. The number of hydrogen-bond donors (Lipinski definition) is 1. The summed E-state index contributed by atoms with van der Waals surface area (Å²) in [5.41, 5.74) is 3.98. The number of nitrogens with zero attached hydrogens (tertiary/aromatic N) is 3. The van der Waals surface area contributed by atoms with E-state index in [-0.39, 0.29) is 11.8 Å². The summed E-state index contributed by atoms with van der Waals surface area (Å²) in [6, 6.07) is 16.1. The van der Waals surface area contributed by atoms with Crippen molar-refractivity contribution in [2.45, 2.75) is 0 Å². The van der Waals surface area contributed by atoms with Gasteiger partial charge in [-0.2, -0.15) is 0 Å². The first kappa shape index (κ1) is 19.9. The van der Waals surface area contributed by atoms with Gasteiger partial charge in [0.05, 0.1) is 6.54 Å². The number of piperazine rings is 1. The maximum atomic E-state index is 12.9. The molecule has 0 saturated carbocycles. The highest BCUT2D eigenvalue weighted by molar-refractivity contribution is 5.95. The average Bonchev–Trinajstić information content (AvgIpc) is 2.74. The van der Waals surface area contributed by atoms with E-state index >= 15 is 0 Å². The molecule has 0 atom stereocenters. The third-order valence-corrected chi connectivity index (χ3v) is 5.13. The highest BCUT2D eigenvalue weighted by Gasteiger charge is 2.23. The minimum atomic E-state index is 0.00719. The SMILES string of the molecule is CNC(=O)CN1CCN(C(=O)c2cccc(-c3ccc(N(C)C)cc3)c2)CC1. The predicted molar refractivity (Wildman–Crippen MR) is 113 cm³/mol. The van der Waals surface area contributed by atoms with Crippen molar-refractivity contribution in [2.75, 3.05) is 58.8 Å². The second-order valence-corrected chi connectivity index (χ2v) is 7.26. The van der Waals surface area contributed by atoms with Gasteiger partial charge >= 0.3 is 0 Å². The summed E-state index contributed by atoms with van der Waals surface area (Å²) < 4.78 is 0. The van der Waals surface area contributed by atoms with Crippen molar-refractivity contribution >= 4 is 17.5 Å². The molecule has 0 bridgehead atoms. The smallest absolute Gasteiger partial charge is 0.253 e. The highest BCUT2D eigenvalue weighted by Crippen LogP contribution is 2.24. The van der Waals surface area contributed by atoms with Crippen LogP contribution in [0.5, 0.6) is 0 Å². The molecule has 0 radical (unpaired) electrons. The van der Waals surface area contributed by atoms with Crippen LogP contribution in [-0.4, -0.2) is 75.5 Å². The Bertz CT molecular complexity index is 825. The number of benzene rings is 2. The molecule has 1 N–H and O–H groups in total. The zero-order valence-corrected chi connectivity index (χ0v) is 16.8. The van der Waals surface area contributed by atoms with Gasteiger partial charge in [-0.05, 0) is 35.4 Å². The average molecular weight is 380 g/mol. The molecule has 6 heteroatoms. The number of nitrogens with one attached hydrogen (secondary N) is 1. The van der Waals surface area contributed by atoms with Crippen LogP contribution in [0.2, 0.25) is 0 Å². The second-order valence-electron chi connectivity index (χ2n) is 7.26. The molecule has 1 fully saturated rings. The standard InChI is InChI=1S/C22H28N4O2/c1-23-21(27)16-25-11-13-26(14-12-25)22(28)19-6-4-5-18(15-19)17-7-9-20(10-8-17)24(2)3/h4-10,15H,11-14,16H2,1-3H3,(H,23,27). The Labute approximate surface area is 166 Å². The van der Waals surface area contributed by atoms with Crippen LogP contribution < -0.4 is 10.2 Å². The van der Waals surface area contributed by atoms with Crippen molar-refractivity contribution in [3.63, 3.8) is 0 Å². The van der Waals surface area contributed by atoms with E-state index in [0.29, 0.717) is 38.3 Å². The summed E-state index contributed by atoms with van der Waals surface area (Å²) in [6.07, 6.45) is 0. The lowest BCUT2D eigenvalue weighted by Crippen LogP contribution is -2.50. The third kappa shape index (κ3) is 4.70. The zero-order chi connectivity index (χ0) is 20.1. The molecule has 0 aromatic heterocycles. The minimum absolute atomic E-state index is 0.00719. The molecule has 0 aliphatic carbocycles. The van der Waals surface area contributed by atoms with Crippen LogP contribution in [0.4, 0.5) is 5.69 Å². The Kier molecular flexibility index (Phi) is 6.31. The molecule has 2 amide bonds. The van der Waals surface area contributed by atoms with E-state index in [0.717, 1.165) is 16.8 Å². The third-order valence-electron chi connectivity index (χ3n) is 5.13. The number of amides is 2. The maximum absolute atomic E-state index is 12.9. The molecule has 28 heavy (non-hydrogen) atoms. The fourth-order valence-corrected chi connectivity index (χ4v) is 3.36.